The van der Waals surface area contributed by atoms with Crippen LogP contribution in [0.1, 0.15) is 66.8 Å². The first-order valence-electron chi connectivity index (χ1n) is 14.7. The molecule has 0 radical (unpaired) electrons. The maximum Gasteiger partial charge on any atom is 0.235 e. The number of nitrogens with one attached hydrogen (secondary N) is 2. The molecule has 3 aromatic rings. The van der Waals surface area contributed by atoms with Crippen LogP contribution in [0.4, 0.5) is 11.4 Å². The van der Waals surface area contributed by atoms with Gasteiger partial charge in [-0.25, -0.2) is 0 Å². The summed E-state index contributed by atoms with van der Waals surface area (Å²) in [6.45, 7) is 11.8. The molecular weight excluding hydrogens is 528 g/mol. The molecule has 3 N–H and O–H groups in total. The van der Waals surface area contributed by atoms with Crippen LogP contribution < -0.4 is 15.4 Å². The van der Waals surface area contributed by atoms with E-state index in [9.17, 15) is 19.5 Å². The minimum absolute atomic E-state index is 0.335. The van der Waals surface area contributed by atoms with E-state index >= 15 is 0 Å². The zero-order chi connectivity index (χ0) is 30.6. The van der Waals surface area contributed by atoms with Crippen LogP contribution in [-0.4, -0.2) is 34.9 Å². The molecule has 0 saturated heterocycles. The third-order valence-electron chi connectivity index (χ3n) is 8.59. The number of aliphatic hydroxyl groups is 1. The Bertz CT molecular complexity index is 1480. The summed E-state index contributed by atoms with van der Waals surface area (Å²) in [5.74, 6) is -4.23. The molecule has 2 amide bonds. The Hall–Kier alpha value is -3.97. The highest BCUT2D eigenvalue weighted by molar-refractivity contribution is 6.11. The quantitative estimate of drug-likeness (QED) is 0.204. The molecule has 0 bridgehead atoms. The van der Waals surface area contributed by atoms with Crippen LogP contribution in [-0.2, 0) is 14.4 Å². The smallest absolute Gasteiger partial charge is 0.235 e. The maximum absolute atomic E-state index is 14.2. The number of unbranched alkanes of at least 4 members (excludes halogenated alkanes) is 1. The first kappa shape index (κ1) is 31.0. The molecule has 4 unspecified atom stereocenters. The molecule has 0 heterocycles. The molecule has 3 aromatic carbocycles. The van der Waals surface area contributed by atoms with Crippen molar-refractivity contribution in [2.24, 2.45) is 11.8 Å². The first-order chi connectivity index (χ1) is 20.0. The number of Topliss-reactive ketones (excluding diaryl/α,β-unsaturated/α-hetero) is 1. The van der Waals surface area contributed by atoms with E-state index in [1.165, 1.54) is 6.92 Å². The van der Waals surface area contributed by atoms with Gasteiger partial charge in [0, 0.05) is 23.7 Å². The van der Waals surface area contributed by atoms with Gasteiger partial charge in [0.2, 0.25) is 11.8 Å². The van der Waals surface area contributed by atoms with Gasteiger partial charge in [0.05, 0.1) is 18.1 Å². The minimum atomic E-state index is -1.71. The number of hydrogen-bond donors (Lipinski definition) is 3. The van der Waals surface area contributed by atoms with Gasteiger partial charge in [-0.1, -0.05) is 55.8 Å². The normalized spacial score (nSPS) is 22.0. The third-order valence-corrected chi connectivity index (χ3v) is 8.59. The number of benzene rings is 3. The van der Waals surface area contributed by atoms with Crippen molar-refractivity contribution >= 4 is 29.0 Å². The first-order valence-corrected chi connectivity index (χ1v) is 14.7. The third kappa shape index (κ3) is 6.41. The molecule has 42 heavy (non-hydrogen) atoms. The minimum Gasteiger partial charge on any atom is -0.493 e. The lowest BCUT2D eigenvalue weighted by molar-refractivity contribution is -0.150. The van der Waals surface area contributed by atoms with Crippen LogP contribution in [0.2, 0.25) is 0 Å². The molecule has 1 aliphatic carbocycles. The fraction of sp³-hybridized carbons (Fsp3) is 0.400. The number of rotatable bonds is 9. The number of hydrogen-bond acceptors (Lipinski definition) is 5. The molecule has 1 aliphatic rings. The van der Waals surface area contributed by atoms with Crippen molar-refractivity contribution in [2.45, 2.75) is 72.3 Å². The second-order valence-corrected chi connectivity index (χ2v) is 11.7. The molecule has 0 aromatic heterocycles. The molecule has 1 fully saturated rings. The van der Waals surface area contributed by atoms with E-state index in [4.69, 9.17) is 4.74 Å². The summed E-state index contributed by atoms with van der Waals surface area (Å²) in [6, 6.07) is 18.4. The Morgan fingerprint density at radius 1 is 0.881 bits per heavy atom. The highest BCUT2D eigenvalue weighted by Crippen LogP contribution is 2.49. The van der Waals surface area contributed by atoms with Crippen molar-refractivity contribution in [1.29, 1.82) is 0 Å². The van der Waals surface area contributed by atoms with Gasteiger partial charge in [-0.15, -0.1) is 0 Å². The Balaban J connectivity index is 1.83. The predicted molar refractivity (Wildman–Crippen MR) is 166 cm³/mol. The molecule has 222 valence electrons. The van der Waals surface area contributed by atoms with Crippen LogP contribution in [0.25, 0.3) is 0 Å². The van der Waals surface area contributed by atoms with Gasteiger partial charge in [0.15, 0.2) is 0 Å². The van der Waals surface area contributed by atoms with E-state index in [-0.39, 0.29) is 6.42 Å². The fourth-order valence-electron chi connectivity index (χ4n) is 5.87. The summed E-state index contributed by atoms with van der Waals surface area (Å²) < 4.78 is 6.14. The summed E-state index contributed by atoms with van der Waals surface area (Å²) in [5.41, 5.74) is 3.87. The Labute approximate surface area is 248 Å². The number of ketones is 1. The van der Waals surface area contributed by atoms with Crippen molar-refractivity contribution in [1.82, 2.24) is 0 Å². The van der Waals surface area contributed by atoms with Crippen LogP contribution in [0.15, 0.2) is 60.7 Å². The van der Waals surface area contributed by atoms with E-state index in [0.717, 1.165) is 35.1 Å². The zero-order valence-corrected chi connectivity index (χ0v) is 25.4. The lowest BCUT2D eigenvalue weighted by Crippen LogP contribution is -2.56. The van der Waals surface area contributed by atoms with Crippen LogP contribution in [0, 0.1) is 39.5 Å². The molecule has 4 atom stereocenters. The van der Waals surface area contributed by atoms with Gasteiger partial charge in [0.25, 0.3) is 0 Å². The van der Waals surface area contributed by atoms with Crippen LogP contribution in [0.3, 0.4) is 0 Å². The zero-order valence-electron chi connectivity index (χ0n) is 25.4. The summed E-state index contributed by atoms with van der Waals surface area (Å²) in [6.07, 6.45) is 1.42. The number of carbonyl (C=O) groups excluding carboxylic acids is 3. The van der Waals surface area contributed by atoms with Gasteiger partial charge in [-0.3, -0.25) is 14.4 Å². The molecule has 0 spiro atoms. The largest absolute Gasteiger partial charge is 0.493 e. The Kier molecular flexibility index (Phi) is 9.52. The van der Waals surface area contributed by atoms with Crippen LogP contribution in [0.5, 0.6) is 5.75 Å². The second-order valence-electron chi connectivity index (χ2n) is 11.7. The lowest BCUT2D eigenvalue weighted by Gasteiger charge is -2.45. The van der Waals surface area contributed by atoms with Gasteiger partial charge in [0.1, 0.15) is 17.5 Å². The van der Waals surface area contributed by atoms with Gasteiger partial charge < -0.3 is 20.5 Å². The average Bonchev–Trinajstić information content (AvgIpc) is 2.93. The van der Waals surface area contributed by atoms with Crippen molar-refractivity contribution in [3.8, 4) is 5.75 Å². The van der Waals surface area contributed by atoms with Gasteiger partial charge in [-0.2, -0.15) is 0 Å². The Morgan fingerprint density at radius 2 is 1.45 bits per heavy atom. The highest BCUT2D eigenvalue weighted by Gasteiger charge is 2.56. The van der Waals surface area contributed by atoms with E-state index in [1.807, 2.05) is 64.1 Å². The molecule has 0 aliphatic heterocycles. The number of ether oxygens (including phenoxy) is 1. The van der Waals surface area contributed by atoms with Crippen molar-refractivity contribution in [3.05, 3.63) is 88.5 Å². The van der Waals surface area contributed by atoms with E-state index in [1.54, 1.807) is 24.3 Å². The average molecular weight is 571 g/mol. The molecule has 7 heteroatoms. The van der Waals surface area contributed by atoms with Crippen molar-refractivity contribution < 1.29 is 24.2 Å². The van der Waals surface area contributed by atoms with E-state index in [2.05, 4.69) is 17.6 Å². The maximum atomic E-state index is 14.2. The van der Waals surface area contributed by atoms with E-state index in [0.29, 0.717) is 29.3 Å². The number of carbonyl (C=O) groups is 3. The monoisotopic (exact) mass is 570 g/mol. The number of anilines is 2. The summed E-state index contributed by atoms with van der Waals surface area (Å²) in [4.78, 5) is 42.0. The Morgan fingerprint density at radius 3 is 2.05 bits per heavy atom. The van der Waals surface area contributed by atoms with Crippen LogP contribution >= 0.6 is 0 Å². The summed E-state index contributed by atoms with van der Waals surface area (Å²) in [7, 11) is 0. The number of amides is 2. The van der Waals surface area contributed by atoms with Gasteiger partial charge >= 0.3 is 0 Å². The molecular formula is C35H42N2O5. The molecule has 7 nitrogen and oxygen atoms in total. The lowest BCUT2D eigenvalue weighted by atomic mass is 9.61. The summed E-state index contributed by atoms with van der Waals surface area (Å²) in [5, 5.41) is 17.7. The summed E-state index contributed by atoms with van der Waals surface area (Å²) >= 11 is 0. The highest BCUT2D eigenvalue weighted by atomic mass is 16.5. The number of aryl methyl sites for hydroxylation is 2. The predicted octanol–water partition coefficient (Wildman–Crippen LogP) is 6.42. The fourth-order valence-corrected chi connectivity index (χ4v) is 5.87. The van der Waals surface area contributed by atoms with Crippen molar-refractivity contribution in [3.63, 3.8) is 0 Å². The molecule has 1 saturated carbocycles. The standard InChI is InChI=1S/C35H42N2O5/c1-7-8-19-42-29-18-10-9-15-25(29)30-31(33(39)36-26-16-11-13-21(2)23(26)4)28(38)20-35(6,41)32(30)34(40)37-27-17-12-14-22(3)24(27)5/h9-18,30-32,41H,7-8,19-20H2,1-6H3,(H,36,39)(H,37,40). The van der Waals surface area contributed by atoms with Crippen molar-refractivity contribution in [2.75, 3.05) is 17.2 Å². The van der Waals surface area contributed by atoms with E-state index < -0.39 is 41.0 Å². The second kappa shape index (κ2) is 12.9. The van der Waals surface area contributed by atoms with Gasteiger partial charge in [-0.05, 0) is 87.1 Å². The topological polar surface area (TPSA) is 105 Å². The number of para-hydroxylation sites is 1. The SMILES string of the molecule is CCCCOc1ccccc1C1C(C(=O)Nc2cccc(C)c2C)C(=O)CC(C)(O)C1C(=O)Nc1cccc(C)c1C. The molecule has 4 rings (SSSR count).